The van der Waals surface area contributed by atoms with Crippen LogP contribution in [0.2, 0.25) is 0 Å². The van der Waals surface area contributed by atoms with Gasteiger partial charge in [-0.3, -0.25) is 4.98 Å². The second-order valence-electron chi connectivity index (χ2n) is 10.8. The average molecular weight is 532 g/mol. The first-order valence-electron chi connectivity index (χ1n) is 13.3. The Hall–Kier alpha value is -3.53. The molecule has 39 heavy (non-hydrogen) atoms. The van der Waals surface area contributed by atoms with E-state index in [-0.39, 0.29) is 41.6 Å². The number of halogens is 2. The van der Waals surface area contributed by atoms with Gasteiger partial charge < -0.3 is 15.6 Å². The molecule has 3 aromatic heterocycles. The molecule has 1 aliphatic carbocycles. The van der Waals surface area contributed by atoms with E-state index in [0.717, 1.165) is 18.4 Å². The lowest BCUT2D eigenvalue weighted by Crippen LogP contribution is -2.33. The number of hydrogen-bond donors (Lipinski definition) is 2. The van der Waals surface area contributed by atoms with E-state index in [1.54, 1.807) is 29.0 Å². The van der Waals surface area contributed by atoms with Crippen LogP contribution in [0.4, 0.5) is 8.78 Å². The Labute approximate surface area is 225 Å². The van der Waals surface area contributed by atoms with Crippen LogP contribution in [0.5, 0.6) is 0 Å². The molecule has 9 heteroatoms. The van der Waals surface area contributed by atoms with Crippen LogP contribution in [0.25, 0.3) is 16.8 Å². The molecular weight excluding hydrogens is 500 g/mol. The van der Waals surface area contributed by atoms with Crippen molar-refractivity contribution in [3.05, 3.63) is 94.7 Å². The number of aromatic nitrogens is 4. The van der Waals surface area contributed by atoms with Gasteiger partial charge in [-0.1, -0.05) is 11.6 Å². The predicted molar refractivity (Wildman–Crippen MR) is 143 cm³/mol. The number of hydrogen-bond acceptors (Lipinski definition) is 6. The van der Waals surface area contributed by atoms with Gasteiger partial charge in [-0.15, -0.1) is 0 Å². The van der Waals surface area contributed by atoms with Crippen LogP contribution < -0.4 is 5.73 Å². The Morgan fingerprint density at radius 1 is 1.13 bits per heavy atom. The maximum atomic E-state index is 15.3. The number of imidazole rings is 1. The zero-order valence-electron chi connectivity index (χ0n) is 21.8. The van der Waals surface area contributed by atoms with E-state index < -0.39 is 17.2 Å². The highest BCUT2D eigenvalue weighted by molar-refractivity contribution is 5.63. The maximum absolute atomic E-state index is 15.3. The van der Waals surface area contributed by atoms with Crippen molar-refractivity contribution in [1.82, 2.24) is 19.6 Å². The number of rotatable bonds is 5. The third-order valence-electron chi connectivity index (χ3n) is 7.96. The summed E-state index contributed by atoms with van der Waals surface area (Å²) in [6.07, 6.45) is 10.3. The molecule has 1 fully saturated rings. The minimum Gasteiger partial charge on any atom is -0.385 e. The molecule has 1 saturated heterocycles. The highest BCUT2D eigenvalue weighted by Crippen LogP contribution is 2.37. The number of benzene rings is 1. The smallest absolute Gasteiger partial charge is 0.136 e. The van der Waals surface area contributed by atoms with Crippen LogP contribution >= 0.6 is 0 Å². The van der Waals surface area contributed by atoms with Gasteiger partial charge in [-0.25, -0.2) is 18.3 Å². The van der Waals surface area contributed by atoms with Gasteiger partial charge in [-0.05, 0) is 72.7 Å². The molecule has 0 unspecified atom stereocenters. The lowest BCUT2D eigenvalue weighted by atomic mass is 9.80. The summed E-state index contributed by atoms with van der Waals surface area (Å²) >= 11 is 0. The summed E-state index contributed by atoms with van der Waals surface area (Å²) in [7, 11) is 0. The number of allylic oxidation sites excluding steroid dienone is 1. The summed E-state index contributed by atoms with van der Waals surface area (Å²) in [6, 6.07) is 7.80. The van der Waals surface area contributed by atoms with E-state index in [1.165, 1.54) is 23.3 Å². The number of pyridine rings is 1. The molecule has 6 rings (SSSR count). The van der Waals surface area contributed by atoms with Crippen molar-refractivity contribution in [3.8, 4) is 11.3 Å². The van der Waals surface area contributed by atoms with Gasteiger partial charge in [0.25, 0.3) is 0 Å². The summed E-state index contributed by atoms with van der Waals surface area (Å²) in [5.41, 5.74) is 9.27. The van der Waals surface area contributed by atoms with Gasteiger partial charge in [0, 0.05) is 50.9 Å². The van der Waals surface area contributed by atoms with Crippen LogP contribution in [0.15, 0.2) is 60.6 Å². The van der Waals surface area contributed by atoms with Crippen LogP contribution in [0.3, 0.4) is 0 Å². The molecule has 0 amide bonds. The molecular formula is C30H31F2N5O2. The normalized spacial score (nSPS) is 21.2. The van der Waals surface area contributed by atoms with E-state index in [1.807, 2.05) is 12.3 Å². The number of nitrogens with zero attached hydrogens (tertiary/aromatic N) is 4. The van der Waals surface area contributed by atoms with Gasteiger partial charge >= 0.3 is 0 Å². The molecule has 2 atom stereocenters. The zero-order chi connectivity index (χ0) is 27.1. The molecule has 7 nitrogen and oxygen atoms in total. The number of ether oxygens (including phenoxy) is 1. The van der Waals surface area contributed by atoms with E-state index in [4.69, 9.17) is 10.5 Å². The molecule has 202 valence electrons. The Morgan fingerprint density at radius 3 is 2.64 bits per heavy atom. The van der Waals surface area contributed by atoms with Crippen LogP contribution in [0.1, 0.15) is 61.0 Å². The Bertz CT molecular complexity index is 1540. The summed E-state index contributed by atoms with van der Waals surface area (Å²) in [6.45, 7) is 2.78. The van der Waals surface area contributed by atoms with E-state index in [9.17, 15) is 5.11 Å². The summed E-state index contributed by atoms with van der Waals surface area (Å²) in [5.74, 6) is -0.623. The van der Waals surface area contributed by atoms with Crippen molar-refractivity contribution in [2.24, 2.45) is 5.73 Å². The molecule has 4 aromatic rings. The van der Waals surface area contributed by atoms with Crippen LogP contribution in [0, 0.1) is 11.6 Å². The molecule has 0 radical (unpaired) electrons. The molecule has 4 heterocycles. The van der Waals surface area contributed by atoms with Crippen LogP contribution in [-0.2, 0) is 16.8 Å². The van der Waals surface area contributed by atoms with Crippen molar-refractivity contribution in [3.63, 3.8) is 0 Å². The second-order valence-corrected chi connectivity index (χ2v) is 10.8. The lowest BCUT2D eigenvalue weighted by molar-refractivity contribution is -0.0682. The van der Waals surface area contributed by atoms with Crippen molar-refractivity contribution in [2.75, 3.05) is 13.2 Å². The molecule has 3 N–H and O–H groups in total. The van der Waals surface area contributed by atoms with Gasteiger partial charge in [0.1, 0.15) is 17.5 Å². The zero-order valence-corrected chi connectivity index (χ0v) is 21.8. The quantitative estimate of drug-likeness (QED) is 0.359. The van der Waals surface area contributed by atoms with E-state index in [0.29, 0.717) is 31.0 Å². The fourth-order valence-corrected chi connectivity index (χ4v) is 5.96. The minimum absolute atomic E-state index is 0.0181. The van der Waals surface area contributed by atoms with Crippen molar-refractivity contribution in [2.45, 2.75) is 56.6 Å². The molecule has 0 saturated carbocycles. The van der Waals surface area contributed by atoms with E-state index >= 15 is 8.78 Å². The first-order chi connectivity index (χ1) is 18.8. The monoisotopic (exact) mass is 531 g/mol. The molecule has 0 spiro atoms. The molecule has 2 aliphatic rings. The largest absolute Gasteiger partial charge is 0.385 e. The third-order valence-corrected chi connectivity index (χ3v) is 7.96. The van der Waals surface area contributed by atoms with Gasteiger partial charge in [0.15, 0.2) is 0 Å². The second kappa shape index (κ2) is 10.2. The first-order valence-corrected chi connectivity index (χ1v) is 13.3. The molecule has 1 aliphatic heterocycles. The SMILES string of the molecule is CC1=C[C@H](N)C[C@H](c2ccncc2Cc2ncc3ccc(-c4c(F)cc(C5(O)CCOCC5)cc4F)nn23)C1. The Balaban J connectivity index is 1.34. The Kier molecular flexibility index (Phi) is 6.74. The van der Waals surface area contributed by atoms with Crippen molar-refractivity contribution >= 4 is 5.52 Å². The summed E-state index contributed by atoms with van der Waals surface area (Å²) < 4.78 is 37.6. The third kappa shape index (κ3) is 4.97. The van der Waals surface area contributed by atoms with Crippen molar-refractivity contribution in [1.29, 1.82) is 0 Å². The van der Waals surface area contributed by atoms with Gasteiger partial charge in [0.05, 0.1) is 28.6 Å². The summed E-state index contributed by atoms with van der Waals surface area (Å²) in [5, 5.41) is 15.5. The van der Waals surface area contributed by atoms with Gasteiger partial charge in [-0.2, -0.15) is 5.10 Å². The fourth-order valence-electron chi connectivity index (χ4n) is 5.96. The molecule has 1 aromatic carbocycles. The maximum Gasteiger partial charge on any atom is 0.136 e. The standard InChI is InChI=1S/C30H31F2N5O2/c1-18-10-19(12-22(33)11-18)24-4-7-34-16-20(24)13-28-35-17-23-2-3-27(36-37(23)28)29-25(31)14-21(15-26(29)32)30(38)5-8-39-9-6-30/h2-4,7,11,14-17,19,22,38H,5-6,8-10,12-13,33H2,1H3/t19-,22+/m1/s1. The van der Waals surface area contributed by atoms with E-state index in [2.05, 4.69) is 28.1 Å². The predicted octanol–water partition coefficient (Wildman–Crippen LogP) is 4.81. The number of aliphatic hydroxyl groups is 1. The van der Waals surface area contributed by atoms with Gasteiger partial charge in [0.2, 0.25) is 0 Å². The fraction of sp³-hybridized carbons (Fsp3) is 0.367. The topological polar surface area (TPSA) is 98.6 Å². The number of fused-ring (bicyclic) bond motifs is 1. The highest BCUT2D eigenvalue weighted by Gasteiger charge is 2.33. The highest BCUT2D eigenvalue weighted by atomic mass is 19.1. The lowest BCUT2D eigenvalue weighted by Gasteiger charge is -2.32. The number of nitrogens with two attached hydrogens (primary N) is 1. The first kappa shape index (κ1) is 25.7. The van der Waals surface area contributed by atoms with Crippen LogP contribution in [-0.4, -0.2) is 43.9 Å². The van der Waals surface area contributed by atoms with Crippen molar-refractivity contribution < 1.29 is 18.6 Å². The average Bonchev–Trinajstić information content (AvgIpc) is 3.30. The summed E-state index contributed by atoms with van der Waals surface area (Å²) in [4.78, 5) is 8.92. The molecule has 0 bridgehead atoms. The Morgan fingerprint density at radius 2 is 1.90 bits per heavy atom. The minimum atomic E-state index is -1.31.